The van der Waals surface area contributed by atoms with Crippen molar-refractivity contribution in [3.63, 3.8) is 0 Å². The molecule has 0 saturated heterocycles. The summed E-state index contributed by atoms with van der Waals surface area (Å²) >= 11 is 13.4. The van der Waals surface area contributed by atoms with E-state index in [0.29, 0.717) is 54.8 Å². The number of phenols is 1. The minimum atomic E-state index is -0.751. The number of thiazole rings is 1. The number of nitrogens with one attached hydrogen (secondary N) is 1. The lowest BCUT2D eigenvalue weighted by Crippen LogP contribution is -2.40. The van der Waals surface area contributed by atoms with Gasteiger partial charge in [-0.25, -0.2) is 4.99 Å². The molecule has 0 aliphatic carbocycles. The highest BCUT2D eigenvalue weighted by Crippen LogP contribution is 2.33. The van der Waals surface area contributed by atoms with Crippen molar-refractivity contribution in [2.45, 2.75) is 19.9 Å². The Balaban J connectivity index is 1.68. The molecule has 0 bridgehead atoms. The number of amides is 1. The maximum Gasteiger partial charge on any atom is 0.271 e. The monoisotopic (exact) mass is 579 g/mol. The Labute approximate surface area is 237 Å². The summed E-state index contributed by atoms with van der Waals surface area (Å²) in [5, 5.41) is 13.8. The van der Waals surface area contributed by atoms with Crippen molar-refractivity contribution in [2.75, 3.05) is 11.9 Å². The van der Waals surface area contributed by atoms with Gasteiger partial charge >= 0.3 is 0 Å². The molecule has 1 aliphatic rings. The fourth-order valence-corrected chi connectivity index (χ4v) is 5.94. The van der Waals surface area contributed by atoms with Crippen LogP contribution in [-0.4, -0.2) is 22.2 Å². The van der Waals surface area contributed by atoms with E-state index in [2.05, 4.69) is 10.3 Å². The number of aromatic hydroxyl groups is 1. The molecule has 1 aromatic heterocycles. The number of hydrogen-bond acceptors (Lipinski definition) is 6. The lowest BCUT2D eigenvalue weighted by Gasteiger charge is -2.25. The normalized spacial score (nSPS) is 15.1. The van der Waals surface area contributed by atoms with E-state index in [9.17, 15) is 14.7 Å². The summed E-state index contributed by atoms with van der Waals surface area (Å²) in [6.45, 7) is 4.16. The van der Waals surface area contributed by atoms with Gasteiger partial charge in [0.15, 0.2) is 4.80 Å². The molecular formula is C29H23Cl2N3O4S. The van der Waals surface area contributed by atoms with E-state index in [0.717, 1.165) is 11.3 Å². The number of carbonyl (C=O) groups is 1. The third-order valence-electron chi connectivity index (χ3n) is 6.15. The maximum atomic E-state index is 13.8. The molecule has 2 heterocycles. The maximum absolute atomic E-state index is 13.8. The zero-order valence-electron chi connectivity index (χ0n) is 20.9. The lowest BCUT2D eigenvalue weighted by atomic mass is 9.95. The Bertz CT molecular complexity index is 1780. The van der Waals surface area contributed by atoms with E-state index >= 15 is 0 Å². The molecule has 7 nitrogen and oxygen atoms in total. The molecule has 2 N–H and O–H groups in total. The summed E-state index contributed by atoms with van der Waals surface area (Å²) in [7, 11) is 0. The van der Waals surface area contributed by atoms with Gasteiger partial charge in [0, 0.05) is 16.3 Å². The van der Waals surface area contributed by atoms with Gasteiger partial charge in [-0.1, -0.05) is 64.9 Å². The molecule has 3 aromatic carbocycles. The number of nitrogens with zero attached hydrogens (tertiary/aromatic N) is 2. The van der Waals surface area contributed by atoms with Crippen molar-refractivity contribution in [1.82, 2.24) is 4.57 Å². The number of fused-ring (bicyclic) bond motifs is 1. The average molecular weight is 580 g/mol. The number of para-hydroxylation sites is 1. The number of aromatic nitrogens is 1. The molecule has 1 amide bonds. The first-order valence-corrected chi connectivity index (χ1v) is 13.6. The number of benzene rings is 3. The average Bonchev–Trinajstić information content (AvgIpc) is 3.21. The first kappa shape index (κ1) is 26.7. The number of rotatable bonds is 6. The van der Waals surface area contributed by atoms with Crippen molar-refractivity contribution in [2.24, 2.45) is 4.99 Å². The fraction of sp³-hybridized carbons (Fsp3) is 0.138. The second kappa shape index (κ2) is 11.1. The van der Waals surface area contributed by atoms with E-state index < -0.39 is 6.04 Å². The van der Waals surface area contributed by atoms with Crippen LogP contribution in [0.15, 0.2) is 87.8 Å². The molecular weight excluding hydrogens is 557 g/mol. The number of ether oxygens (including phenoxy) is 1. The zero-order valence-corrected chi connectivity index (χ0v) is 23.3. The summed E-state index contributed by atoms with van der Waals surface area (Å²) < 4.78 is 7.39. The van der Waals surface area contributed by atoms with Crippen LogP contribution in [0.4, 0.5) is 5.69 Å². The van der Waals surface area contributed by atoms with Crippen molar-refractivity contribution >= 4 is 52.2 Å². The first-order valence-electron chi connectivity index (χ1n) is 12.1. The number of halogens is 2. The molecule has 0 saturated carbocycles. The van der Waals surface area contributed by atoms with Crippen molar-refractivity contribution in [1.29, 1.82) is 0 Å². The van der Waals surface area contributed by atoms with Crippen molar-refractivity contribution in [3.8, 4) is 11.5 Å². The molecule has 39 heavy (non-hydrogen) atoms. The molecule has 1 atom stereocenters. The number of phenolic OH excluding ortho intramolecular Hbond substituents is 1. The van der Waals surface area contributed by atoms with Crippen LogP contribution in [-0.2, 0) is 4.79 Å². The molecule has 0 unspecified atom stereocenters. The molecule has 4 aromatic rings. The SMILES string of the molecule is CCOc1ccc([C@H]2C(C(=O)Nc3ccccc3)=C(C)N=c3s/c(=C\c4cc(Cl)cc(Cl)c4O)c(=O)n32)cc1. The Morgan fingerprint density at radius 1 is 1.15 bits per heavy atom. The van der Waals surface area contributed by atoms with Crippen LogP contribution in [0.1, 0.15) is 31.0 Å². The van der Waals surface area contributed by atoms with Crippen LogP contribution in [0.25, 0.3) is 6.08 Å². The molecule has 0 spiro atoms. The topological polar surface area (TPSA) is 92.9 Å². The van der Waals surface area contributed by atoms with Gasteiger partial charge in [0.25, 0.3) is 11.5 Å². The summed E-state index contributed by atoms with van der Waals surface area (Å²) in [6, 6.07) is 18.6. The van der Waals surface area contributed by atoms with Gasteiger partial charge in [-0.3, -0.25) is 14.2 Å². The van der Waals surface area contributed by atoms with Gasteiger partial charge in [0.1, 0.15) is 11.5 Å². The van der Waals surface area contributed by atoms with Crippen LogP contribution in [0.2, 0.25) is 10.0 Å². The van der Waals surface area contributed by atoms with Crippen molar-refractivity contribution in [3.05, 3.63) is 119 Å². The van der Waals surface area contributed by atoms with E-state index in [-0.39, 0.29) is 22.2 Å². The van der Waals surface area contributed by atoms with E-state index in [1.54, 1.807) is 19.1 Å². The van der Waals surface area contributed by atoms with Crippen LogP contribution >= 0.6 is 34.5 Å². The van der Waals surface area contributed by atoms with Crippen LogP contribution < -0.4 is 24.9 Å². The van der Waals surface area contributed by atoms with E-state index in [4.69, 9.17) is 27.9 Å². The van der Waals surface area contributed by atoms with E-state index in [1.807, 2.05) is 49.4 Å². The third-order valence-corrected chi connectivity index (χ3v) is 7.64. The minimum absolute atomic E-state index is 0.0736. The zero-order chi connectivity index (χ0) is 27.7. The predicted molar refractivity (Wildman–Crippen MR) is 155 cm³/mol. The van der Waals surface area contributed by atoms with Crippen molar-refractivity contribution < 1.29 is 14.6 Å². The van der Waals surface area contributed by atoms with Gasteiger partial charge in [0.05, 0.1) is 33.5 Å². The Morgan fingerprint density at radius 3 is 2.56 bits per heavy atom. The summed E-state index contributed by atoms with van der Waals surface area (Å²) in [6.07, 6.45) is 1.52. The fourth-order valence-electron chi connectivity index (χ4n) is 4.40. The second-order valence-electron chi connectivity index (χ2n) is 8.73. The molecule has 5 rings (SSSR count). The Morgan fingerprint density at radius 2 is 1.87 bits per heavy atom. The molecule has 0 radical (unpaired) electrons. The van der Waals surface area contributed by atoms with Crippen LogP contribution in [0.3, 0.4) is 0 Å². The second-order valence-corrected chi connectivity index (χ2v) is 10.6. The molecule has 1 aliphatic heterocycles. The van der Waals surface area contributed by atoms with E-state index in [1.165, 1.54) is 22.8 Å². The third kappa shape index (κ3) is 5.36. The highest BCUT2D eigenvalue weighted by molar-refractivity contribution is 7.07. The van der Waals surface area contributed by atoms with Gasteiger partial charge in [0.2, 0.25) is 0 Å². The van der Waals surface area contributed by atoms with Gasteiger partial charge in [-0.15, -0.1) is 0 Å². The standard InChI is InChI=1S/C29H23Cl2N3O4S/c1-3-38-21-11-9-17(10-12-21)25-24(27(36)33-20-7-5-4-6-8-20)16(2)32-29-34(25)28(37)23(39-29)14-18-13-19(30)15-22(31)26(18)35/h4-15,25,35H,3H2,1-2H3,(H,33,36)/b23-14-/t25-/m0/s1. The molecule has 10 heteroatoms. The molecule has 0 fully saturated rings. The summed E-state index contributed by atoms with van der Waals surface area (Å²) in [5.74, 6) is 0.127. The number of hydrogen-bond donors (Lipinski definition) is 2. The lowest BCUT2D eigenvalue weighted by molar-refractivity contribution is -0.113. The summed E-state index contributed by atoms with van der Waals surface area (Å²) in [4.78, 5) is 32.5. The number of carbonyl (C=O) groups excluding carboxylic acids is 1. The Hall–Kier alpha value is -3.85. The highest BCUT2D eigenvalue weighted by atomic mass is 35.5. The van der Waals surface area contributed by atoms with Gasteiger partial charge in [-0.2, -0.15) is 0 Å². The smallest absolute Gasteiger partial charge is 0.271 e. The molecule has 198 valence electrons. The summed E-state index contributed by atoms with van der Waals surface area (Å²) in [5.41, 5.74) is 2.10. The van der Waals surface area contributed by atoms with Gasteiger partial charge in [-0.05, 0) is 61.9 Å². The van der Waals surface area contributed by atoms with Crippen LogP contribution in [0.5, 0.6) is 11.5 Å². The first-order chi connectivity index (χ1) is 18.8. The van der Waals surface area contributed by atoms with Gasteiger partial charge < -0.3 is 15.2 Å². The predicted octanol–water partition coefficient (Wildman–Crippen LogP) is 5.29. The largest absolute Gasteiger partial charge is 0.506 e. The highest BCUT2D eigenvalue weighted by Gasteiger charge is 2.32. The van der Waals surface area contributed by atoms with Crippen LogP contribution in [0, 0.1) is 0 Å². The Kier molecular flexibility index (Phi) is 7.61. The number of allylic oxidation sites excluding steroid dienone is 1. The number of anilines is 1. The minimum Gasteiger partial charge on any atom is -0.506 e. The quantitative estimate of drug-likeness (QED) is 0.325.